The first kappa shape index (κ1) is 20.5. The number of hydrogen-bond acceptors (Lipinski definition) is 3. The molecule has 5 heteroatoms. The Bertz CT molecular complexity index is 727. The fourth-order valence-electron chi connectivity index (χ4n) is 2.29. The van der Waals surface area contributed by atoms with Crippen molar-refractivity contribution in [3.05, 3.63) is 59.7 Å². The lowest BCUT2D eigenvalue weighted by Crippen LogP contribution is -2.04. The van der Waals surface area contributed by atoms with Gasteiger partial charge in [0.05, 0.1) is 19.4 Å². The Labute approximate surface area is 155 Å². The van der Waals surface area contributed by atoms with Gasteiger partial charge in [0.15, 0.2) is 0 Å². The van der Waals surface area contributed by atoms with Gasteiger partial charge in [-0.2, -0.15) is 13.5 Å². The van der Waals surface area contributed by atoms with Crippen LogP contribution in [-0.2, 0) is 11.4 Å². The summed E-state index contributed by atoms with van der Waals surface area (Å²) in [6.45, 7) is 2.16. The van der Waals surface area contributed by atoms with Gasteiger partial charge in [-0.3, -0.25) is 4.79 Å². The van der Waals surface area contributed by atoms with Gasteiger partial charge in [0.1, 0.15) is 18.1 Å². The van der Waals surface area contributed by atoms with Crippen LogP contribution in [-0.4, -0.2) is 18.2 Å². The Morgan fingerprint density at radius 1 is 1.08 bits per heavy atom. The quantitative estimate of drug-likeness (QED) is 0.761. The Hall–Kier alpha value is -2.58. The average Bonchev–Trinajstić information content (AvgIpc) is 2.60. The molecule has 132 valence electrons. The van der Waals surface area contributed by atoms with Gasteiger partial charge < -0.3 is 14.6 Å². The number of carboxylic acid groups (broad SMARTS) is 1. The highest BCUT2D eigenvalue weighted by atomic mass is 32.1. The number of benzene rings is 2. The summed E-state index contributed by atoms with van der Waals surface area (Å²) in [6.07, 6.45) is -0.00705. The largest absolute Gasteiger partial charge is 0.497 e. The molecule has 4 nitrogen and oxygen atoms in total. The van der Waals surface area contributed by atoms with E-state index in [9.17, 15) is 4.79 Å². The number of hydrogen-bond donors (Lipinski definition) is 1. The molecule has 2 rings (SSSR count). The molecule has 0 aliphatic rings. The fraction of sp³-hybridized carbons (Fsp3) is 0.250. The Balaban J connectivity index is 0.00000312. The second kappa shape index (κ2) is 10.3. The van der Waals surface area contributed by atoms with Crippen LogP contribution in [0.3, 0.4) is 0 Å². The second-order valence-electron chi connectivity index (χ2n) is 5.25. The van der Waals surface area contributed by atoms with E-state index in [1.165, 1.54) is 0 Å². The molecular weight excluding hydrogens is 336 g/mol. The van der Waals surface area contributed by atoms with Crippen molar-refractivity contribution in [3.63, 3.8) is 0 Å². The summed E-state index contributed by atoms with van der Waals surface area (Å²) in [5.74, 6) is 6.10. The van der Waals surface area contributed by atoms with E-state index in [2.05, 4.69) is 11.8 Å². The first-order valence-electron chi connectivity index (χ1n) is 7.62. The summed E-state index contributed by atoms with van der Waals surface area (Å²) >= 11 is 0. The molecule has 0 aromatic heterocycles. The third-order valence-corrected chi connectivity index (χ3v) is 3.54. The maximum Gasteiger partial charge on any atom is 0.304 e. The molecule has 0 bridgehead atoms. The van der Waals surface area contributed by atoms with E-state index >= 15 is 0 Å². The van der Waals surface area contributed by atoms with Crippen molar-refractivity contribution >= 4 is 19.5 Å². The van der Waals surface area contributed by atoms with E-state index in [1.54, 1.807) is 14.0 Å². The van der Waals surface area contributed by atoms with Crippen molar-refractivity contribution in [3.8, 4) is 23.3 Å². The minimum Gasteiger partial charge on any atom is -0.497 e. The number of rotatable bonds is 7. The van der Waals surface area contributed by atoms with Crippen molar-refractivity contribution < 1.29 is 19.4 Å². The highest BCUT2D eigenvalue weighted by Gasteiger charge is 2.13. The van der Waals surface area contributed by atoms with Crippen LogP contribution in [0.1, 0.15) is 30.4 Å². The molecule has 1 atom stereocenters. The summed E-state index contributed by atoms with van der Waals surface area (Å²) in [5.41, 5.74) is 1.92. The van der Waals surface area contributed by atoms with Gasteiger partial charge in [0.25, 0.3) is 0 Å². The molecule has 1 N–H and O–H groups in total. The van der Waals surface area contributed by atoms with Crippen LogP contribution >= 0.6 is 13.5 Å². The van der Waals surface area contributed by atoms with E-state index in [4.69, 9.17) is 14.6 Å². The van der Waals surface area contributed by atoms with E-state index < -0.39 is 5.97 Å². The Morgan fingerprint density at radius 2 is 1.68 bits per heavy atom. The zero-order chi connectivity index (χ0) is 17.4. The molecule has 0 aliphatic carbocycles. The highest BCUT2D eigenvalue weighted by Crippen LogP contribution is 2.23. The van der Waals surface area contributed by atoms with Crippen LogP contribution in [0.2, 0.25) is 0 Å². The summed E-state index contributed by atoms with van der Waals surface area (Å²) in [5, 5.41) is 8.97. The molecule has 0 saturated carbocycles. The van der Waals surface area contributed by atoms with Crippen LogP contribution in [0.25, 0.3) is 0 Å². The molecule has 0 heterocycles. The molecule has 2 aromatic carbocycles. The van der Waals surface area contributed by atoms with Crippen molar-refractivity contribution in [2.75, 3.05) is 7.11 Å². The van der Waals surface area contributed by atoms with Gasteiger partial charge >= 0.3 is 5.97 Å². The van der Waals surface area contributed by atoms with E-state index in [0.29, 0.717) is 6.61 Å². The number of carboxylic acids is 1. The maximum atomic E-state index is 10.9. The monoisotopic (exact) mass is 358 g/mol. The molecule has 25 heavy (non-hydrogen) atoms. The molecule has 0 radical (unpaired) electrons. The highest BCUT2D eigenvalue weighted by molar-refractivity contribution is 7.59. The maximum absolute atomic E-state index is 10.9. The lowest BCUT2D eigenvalue weighted by atomic mass is 9.96. The third kappa shape index (κ3) is 6.44. The molecular formula is C20H22O4S. The Kier molecular flexibility index (Phi) is 8.45. The zero-order valence-electron chi connectivity index (χ0n) is 14.3. The zero-order valence-corrected chi connectivity index (χ0v) is 15.3. The molecule has 0 fully saturated rings. The molecule has 0 unspecified atom stereocenters. The molecule has 0 aliphatic heterocycles. The molecule has 2 aromatic rings. The second-order valence-corrected chi connectivity index (χ2v) is 5.25. The molecule has 0 spiro atoms. The Morgan fingerprint density at radius 3 is 2.20 bits per heavy atom. The predicted octanol–water partition coefficient (Wildman–Crippen LogP) is 3.97. The van der Waals surface area contributed by atoms with Gasteiger partial charge in [0.2, 0.25) is 0 Å². The van der Waals surface area contributed by atoms with E-state index in [-0.39, 0.29) is 25.8 Å². The summed E-state index contributed by atoms with van der Waals surface area (Å²) in [4.78, 5) is 10.9. The van der Waals surface area contributed by atoms with Crippen LogP contribution in [0.15, 0.2) is 48.5 Å². The molecule has 0 saturated heterocycles. The lowest BCUT2D eigenvalue weighted by Gasteiger charge is -2.11. The lowest BCUT2D eigenvalue weighted by molar-refractivity contribution is -0.137. The van der Waals surface area contributed by atoms with Gasteiger partial charge in [0, 0.05) is 0 Å². The predicted molar refractivity (Wildman–Crippen MR) is 103 cm³/mol. The fourth-order valence-corrected chi connectivity index (χ4v) is 2.29. The number of ether oxygens (including phenoxy) is 2. The van der Waals surface area contributed by atoms with Crippen LogP contribution in [0.4, 0.5) is 0 Å². The standard InChI is InChI=1S/C20H20O4.H2S/c1-3-4-17(13-20(21)22)16-7-11-19(12-8-16)24-14-15-5-9-18(23-2)10-6-15;/h5-12,17H,13-14H2,1-2H3,(H,21,22);1H2/t17-;/m0./s1. The van der Waals surface area contributed by atoms with E-state index in [1.807, 2.05) is 48.5 Å². The van der Waals surface area contributed by atoms with Gasteiger partial charge in [-0.15, -0.1) is 5.92 Å². The van der Waals surface area contributed by atoms with Crippen molar-refractivity contribution in [1.82, 2.24) is 0 Å². The summed E-state index contributed by atoms with van der Waals surface area (Å²) in [7, 11) is 1.63. The van der Waals surface area contributed by atoms with Crippen LogP contribution in [0, 0.1) is 11.8 Å². The minimum atomic E-state index is -0.859. The van der Waals surface area contributed by atoms with E-state index in [0.717, 1.165) is 22.6 Å². The first-order valence-corrected chi connectivity index (χ1v) is 7.62. The first-order chi connectivity index (χ1) is 11.6. The summed E-state index contributed by atoms with van der Waals surface area (Å²) in [6, 6.07) is 15.1. The van der Waals surface area contributed by atoms with Crippen molar-refractivity contribution in [2.45, 2.75) is 25.9 Å². The number of aliphatic carboxylic acids is 1. The van der Waals surface area contributed by atoms with Crippen molar-refractivity contribution in [1.29, 1.82) is 0 Å². The van der Waals surface area contributed by atoms with Gasteiger partial charge in [-0.05, 0) is 42.3 Å². The van der Waals surface area contributed by atoms with Gasteiger partial charge in [-0.1, -0.05) is 30.2 Å². The van der Waals surface area contributed by atoms with Crippen molar-refractivity contribution in [2.24, 2.45) is 0 Å². The number of carbonyl (C=O) groups is 1. The molecule has 0 amide bonds. The SMILES string of the molecule is CC#C[C@@H](CC(=O)O)c1ccc(OCc2ccc(OC)cc2)cc1.S. The van der Waals surface area contributed by atoms with Crippen LogP contribution < -0.4 is 9.47 Å². The van der Waals surface area contributed by atoms with Gasteiger partial charge in [-0.25, -0.2) is 0 Å². The topological polar surface area (TPSA) is 55.8 Å². The average molecular weight is 358 g/mol. The normalized spacial score (nSPS) is 10.6. The minimum absolute atomic E-state index is 0. The third-order valence-electron chi connectivity index (χ3n) is 3.54. The smallest absolute Gasteiger partial charge is 0.304 e. The van der Waals surface area contributed by atoms with Crippen LogP contribution in [0.5, 0.6) is 11.5 Å². The number of methoxy groups -OCH3 is 1. The summed E-state index contributed by atoms with van der Waals surface area (Å²) < 4.78 is 10.9.